The van der Waals surface area contributed by atoms with E-state index in [1.165, 1.54) is 6.33 Å². The van der Waals surface area contributed by atoms with Gasteiger partial charge in [-0.1, -0.05) is 25.4 Å². The Morgan fingerprint density at radius 2 is 2.06 bits per heavy atom. The summed E-state index contributed by atoms with van der Waals surface area (Å²) in [7, 11) is 0. The highest BCUT2D eigenvalue weighted by molar-refractivity contribution is 9.10. The molecule has 3 aromatic rings. The van der Waals surface area contributed by atoms with Crippen LogP contribution in [0.4, 0.5) is 21.6 Å². The second kappa shape index (κ2) is 11.4. The minimum atomic E-state index is -0.606. The van der Waals surface area contributed by atoms with Crippen molar-refractivity contribution in [2.75, 3.05) is 43.8 Å². The van der Waals surface area contributed by atoms with E-state index in [1.54, 1.807) is 24.3 Å². The van der Waals surface area contributed by atoms with E-state index in [4.69, 9.17) is 22.1 Å². The maximum Gasteiger partial charge on any atom is 0.255 e. The minimum absolute atomic E-state index is 0.0328. The molecule has 1 amide bonds. The predicted octanol–water partition coefficient (Wildman–Crippen LogP) is 4.36. The zero-order valence-corrected chi connectivity index (χ0v) is 20.6. The van der Waals surface area contributed by atoms with Gasteiger partial charge in [-0.15, -0.1) is 0 Å². The first-order valence-electron chi connectivity index (χ1n) is 10.3. The SMILES string of the molecule is CCN(CC)CC(=O)[N]CCOc1cc2ncnc(Nc3ccc(Br)c(Cl)c3F)c2cc1N. The number of nitrogens with zero attached hydrogens (tertiary/aromatic N) is 4. The van der Waals surface area contributed by atoms with Crippen molar-refractivity contribution in [3.05, 3.63) is 45.9 Å². The average Bonchev–Trinajstić information content (AvgIpc) is 2.81. The van der Waals surface area contributed by atoms with Crippen molar-refractivity contribution in [1.82, 2.24) is 20.2 Å². The third-order valence-electron chi connectivity index (χ3n) is 4.95. The van der Waals surface area contributed by atoms with Crippen LogP contribution in [0.25, 0.3) is 10.9 Å². The summed E-state index contributed by atoms with van der Waals surface area (Å²) >= 11 is 9.16. The first kappa shape index (κ1) is 24.9. The maximum atomic E-state index is 14.5. The Bertz CT molecular complexity index is 1150. The van der Waals surface area contributed by atoms with Crippen LogP contribution in [0.3, 0.4) is 0 Å². The molecule has 2 aromatic carbocycles. The second-order valence-corrected chi connectivity index (χ2v) is 8.29. The fraction of sp³-hybridized carbons (Fsp3) is 0.318. The Balaban J connectivity index is 1.69. The lowest BCUT2D eigenvalue weighted by molar-refractivity contribution is -0.122. The molecule has 0 fully saturated rings. The number of halogens is 3. The Morgan fingerprint density at radius 3 is 2.79 bits per heavy atom. The van der Waals surface area contributed by atoms with Gasteiger partial charge in [0.15, 0.2) is 5.82 Å². The molecule has 1 heterocycles. The number of likely N-dealkylation sites (N-methyl/N-ethyl adjacent to an activating group) is 1. The normalized spacial score (nSPS) is 11.1. The van der Waals surface area contributed by atoms with Crippen molar-refractivity contribution in [2.45, 2.75) is 13.8 Å². The van der Waals surface area contributed by atoms with Gasteiger partial charge in [0, 0.05) is 15.9 Å². The molecule has 0 saturated heterocycles. The lowest BCUT2D eigenvalue weighted by Crippen LogP contribution is -2.35. The smallest absolute Gasteiger partial charge is 0.255 e. The Kier molecular flexibility index (Phi) is 8.65. The van der Waals surface area contributed by atoms with Crippen LogP contribution in [0.1, 0.15) is 13.8 Å². The topological polar surface area (TPSA) is 107 Å². The van der Waals surface area contributed by atoms with Crippen molar-refractivity contribution >= 4 is 61.5 Å². The molecular weight excluding hydrogens is 515 g/mol. The molecule has 0 aliphatic carbocycles. The van der Waals surface area contributed by atoms with Gasteiger partial charge in [0.2, 0.25) is 0 Å². The highest BCUT2D eigenvalue weighted by Crippen LogP contribution is 2.34. The van der Waals surface area contributed by atoms with Gasteiger partial charge in [-0.3, -0.25) is 9.69 Å². The summed E-state index contributed by atoms with van der Waals surface area (Å²) in [6.07, 6.45) is 1.35. The third kappa shape index (κ3) is 6.21. The van der Waals surface area contributed by atoms with E-state index in [0.29, 0.717) is 39.2 Å². The molecule has 0 aliphatic rings. The first-order valence-corrected chi connectivity index (χ1v) is 11.5. The number of hydrogen-bond acceptors (Lipinski definition) is 7. The second-order valence-electron chi connectivity index (χ2n) is 7.06. The van der Waals surface area contributed by atoms with Crippen molar-refractivity contribution in [3.63, 3.8) is 0 Å². The van der Waals surface area contributed by atoms with Gasteiger partial charge in [-0.2, -0.15) is 0 Å². The van der Waals surface area contributed by atoms with Gasteiger partial charge >= 0.3 is 0 Å². The summed E-state index contributed by atoms with van der Waals surface area (Å²) in [4.78, 5) is 22.4. The summed E-state index contributed by atoms with van der Waals surface area (Å²) in [5, 5.41) is 7.50. The third-order valence-corrected chi connectivity index (χ3v) is 6.20. The number of aromatic nitrogens is 2. The summed E-state index contributed by atoms with van der Waals surface area (Å²) in [5.41, 5.74) is 7.22. The van der Waals surface area contributed by atoms with Crippen LogP contribution in [0.15, 0.2) is 35.1 Å². The molecule has 0 aliphatic heterocycles. The fourth-order valence-corrected chi connectivity index (χ4v) is 3.56. The van der Waals surface area contributed by atoms with Crippen molar-refractivity contribution < 1.29 is 13.9 Å². The molecule has 0 atom stereocenters. The molecule has 33 heavy (non-hydrogen) atoms. The maximum absolute atomic E-state index is 14.5. The number of amides is 1. The number of carbonyl (C=O) groups excluding carboxylic acids is 1. The van der Waals surface area contributed by atoms with Crippen LogP contribution in [0, 0.1) is 5.82 Å². The zero-order chi connectivity index (χ0) is 24.0. The lowest BCUT2D eigenvalue weighted by Gasteiger charge is -2.16. The van der Waals surface area contributed by atoms with E-state index in [9.17, 15) is 9.18 Å². The van der Waals surface area contributed by atoms with Crippen molar-refractivity contribution in [3.8, 4) is 5.75 Å². The van der Waals surface area contributed by atoms with Crippen LogP contribution in [0.5, 0.6) is 5.75 Å². The molecule has 0 unspecified atom stereocenters. The van der Waals surface area contributed by atoms with Crippen LogP contribution >= 0.6 is 27.5 Å². The van der Waals surface area contributed by atoms with Crippen LogP contribution in [-0.4, -0.2) is 53.6 Å². The zero-order valence-electron chi connectivity index (χ0n) is 18.2. The van der Waals surface area contributed by atoms with E-state index in [1.807, 2.05) is 18.7 Å². The number of benzene rings is 2. The molecule has 0 saturated carbocycles. The number of hydrogen-bond donors (Lipinski definition) is 2. The quantitative estimate of drug-likeness (QED) is 0.224. The molecule has 3 rings (SSSR count). The van der Waals surface area contributed by atoms with E-state index in [2.05, 4.69) is 36.5 Å². The Hall–Kier alpha value is -2.69. The van der Waals surface area contributed by atoms with E-state index < -0.39 is 5.82 Å². The summed E-state index contributed by atoms with van der Waals surface area (Å²) in [6.45, 7) is 6.29. The van der Waals surface area contributed by atoms with Gasteiger partial charge < -0.3 is 15.8 Å². The number of nitrogens with two attached hydrogens (primary N) is 1. The van der Waals surface area contributed by atoms with E-state index in [-0.39, 0.29) is 29.8 Å². The average molecular weight is 539 g/mol. The Labute approximate surface area is 204 Å². The molecule has 0 bridgehead atoms. The number of nitrogens with one attached hydrogen (secondary N) is 1. The van der Waals surface area contributed by atoms with E-state index in [0.717, 1.165) is 13.1 Å². The minimum Gasteiger partial charge on any atom is -0.489 e. The fourth-order valence-electron chi connectivity index (χ4n) is 3.09. The molecule has 11 heteroatoms. The molecule has 1 radical (unpaired) electrons. The summed E-state index contributed by atoms with van der Waals surface area (Å²) in [6, 6.07) is 6.49. The Morgan fingerprint density at radius 1 is 1.30 bits per heavy atom. The summed E-state index contributed by atoms with van der Waals surface area (Å²) < 4.78 is 20.6. The van der Waals surface area contributed by atoms with Crippen molar-refractivity contribution in [1.29, 1.82) is 0 Å². The highest BCUT2D eigenvalue weighted by atomic mass is 79.9. The van der Waals surface area contributed by atoms with Crippen LogP contribution in [0.2, 0.25) is 5.02 Å². The van der Waals surface area contributed by atoms with Crippen molar-refractivity contribution in [2.24, 2.45) is 0 Å². The molecule has 1 aromatic heterocycles. The molecule has 3 N–H and O–H groups in total. The number of carbonyl (C=O) groups is 1. The lowest BCUT2D eigenvalue weighted by atomic mass is 10.2. The monoisotopic (exact) mass is 537 g/mol. The molecule has 175 valence electrons. The van der Waals surface area contributed by atoms with Gasteiger partial charge in [-0.25, -0.2) is 19.7 Å². The number of fused-ring (bicyclic) bond motifs is 1. The molecule has 0 spiro atoms. The molecule has 8 nitrogen and oxygen atoms in total. The molecular formula is C22H24BrClFN6O2. The largest absolute Gasteiger partial charge is 0.489 e. The van der Waals surface area contributed by atoms with Crippen LogP contribution in [-0.2, 0) is 4.79 Å². The number of anilines is 3. The number of nitrogen functional groups attached to an aromatic ring is 1. The first-order chi connectivity index (χ1) is 15.8. The van der Waals surface area contributed by atoms with Crippen LogP contribution < -0.4 is 21.1 Å². The summed E-state index contributed by atoms with van der Waals surface area (Å²) in [5.74, 6) is -0.00788. The predicted molar refractivity (Wildman–Crippen MR) is 132 cm³/mol. The standard InChI is InChI=1S/C22H24BrClFN6O2/c1-3-31(4-2)11-19(32)27-7-8-33-18-10-17-13(9-15(18)26)22(29-12-28-17)30-16-6-5-14(23)20(24)21(16)25/h5-6,9-10,12H,3-4,7-8,11,26H2,1-2H3,(H,28,29,30). The number of ether oxygens (including phenoxy) is 1. The highest BCUT2D eigenvalue weighted by Gasteiger charge is 2.14. The number of rotatable bonds is 10. The van der Waals surface area contributed by atoms with E-state index >= 15 is 0 Å². The van der Waals surface area contributed by atoms with Gasteiger partial charge in [0.25, 0.3) is 5.91 Å². The van der Waals surface area contributed by atoms with Gasteiger partial charge in [0.1, 0.15) is 24.5 Å². The van der Waals surface area contributed by atoms with Gasteiger partial charge in [-0.05, 0) is 47.2 Å². The van der Waals surface area contributed by atoms with Gasteiger partial charge in [0.05, 0.1) is 35.0 Å².